The lowest BCUT2D eigenvalue weighted by atomic mass is 9.97. The predicted molar refractivity (Wildman–Crippen MR) is 72.4 cm³/mol. The van der Waals surface area contributed by atoms with Gasteiger partial charge in [-0.3, -0.25) is 14.2 Å². The molecule has 3 heterocycles. The number of carbonyl (C=O) groups is 1. The third-order valence-electron chi connectivity index (χ3n) is 3.90. The van der Waals surface area contributed by atoms with Crippen molar-refractivity contribution >= 4 is 27.5 Å². The zero-order chi connectivity index (χ0) is 13.0. The van der Waals surface area contributed by atoms with E-state index in [1.165, 1.54) is 21.4 Å². The van der Waals surface area contributed by atoms with Crippen molar-refractivity contribution in [3.8, 4) is 0 Å². The van der Waals surface area contributed by atoms with Crippen LogP contribution in [0.15, 0.2) is 4.79 Å². The first-order valence-electron chi connectivity index (χ1n) is 6.54. The zero-order valence-electron chi connectivity index (χ0n) is 10.4. The molecular formula is C13H13N3O2S. The van der Waals surface area contributed by atoms with Crippen molar-refractivity contribution < 1.29 is 4.79 Å². The molecule has 1 N–H and O–H groups in total. The molecule has 98 valence electrons. The molecule has 1 aliphatic carbocycles. The number of hydrogen-bond donors (Lipinski definition) is 1. The monoisotopic (exact) mass is 275 g/mol. The summed E-state index contributed by atoms with van der Waals surface area (Å²) in [6.07, 6.45) is 4.36. The second-order valence-electron chi connectivity index (χ2n) is 5.09. The number of aromatic nitrogens is 2. The van der Waals surface area contributed by atoms with Crippen LogP contribution >= 0.6 is 11.3 Å². The van der Waals surface area contributed by atoms with Gasteiger partial charge in [0.15, 0.2) is 0 Å². The predicted octanol–water partition coefficient (Wildman–Crippen LogP) is 0.967. The van der Waals surface area contributed by atoms with Gasteiger partial charge in [0, 0.05) is 4.88 Å². The average molecular weight is 275 g/mol. The lowest BCUT2D eigenvalue weighted by molar-refractivity contribution is -0.122. The van der Waals surface area contributed by atoms with Crippen LogP contribution in [0.2, 0.25) is 0 Å². The van der Waals surface area contributed by atoms with E-state index in [9.17, 15) is 9.59 Å². The Labute approximate surface area is 113 Å². The minimum absolute atomic E-state index is 0.0331. The molecule has 4 rings (SSSR count). The summed E-state index contributed by atoms with van der Waals surface area (Å²) in [5.74, 6) is 0.565. The maximum Gasteiger partial charge on any atom is 0.263 e. The van der Waals surface area contributed by atoms with Crippen LogP contribution in [0.3, 0.4) is 0 Å². The highest BCUT2D eigenvalue weighted by atomic mass is 32.1. The quantitative estimate of drug-likeness (QED) is 0.779. The molecule has 0 aromatic carbocycles. The van der Waals surface area contributed by atoms with Gasteiger partial charge in [-0.2, -0.15) is 0 Å². The van der Waals surface area contributed by atoms with E-state index >= 15 is 0 Å². The molecule has 0 radical (unpaired) electrons. The highest BCUT2D eigenvalue weighted by Crippen LogP contribution is 2.33. The lowest BCUT2D eigenvalue weighted by Gasteiger charge is -2.18. The minimum Gasteiger partial charge on any atom is -0.347 e. The maximum absolute atomic E-state index is 12.6. The van der Waals surface area contributed by atoms with Crippen molar-refractivity contribution in [2.24, 2.45) is 0 Å². The van der Waals surface area contributed by atoms with E-state index in [1.807, 2.05) is 0 Å². The summed E-state index contributed by atoms with van der Waals surface area (Å²) in [6.45, 7) is 0.453. The first-order valence-corrected chi connectivity index (χ1v) is 7.36. The van der Waals surface area contributed by atoms with Crippen LogP contribution in [0, 0.1) is 0 Å². The maximum atomic E-state index is 12.6. The third kappa shape index (κ3) is 1.56. The van der Waals surface area contributed by atoms with Crippen LogP contribution in [-0.2, 0) is 30.7 Å². The first kappa shape index (κ1) is 11.2. The first-order chi connectivity index (χ1) is 9.24. The Balaban J connectivity index is 2.05. The molecule has 1 amide bonds. The van der Waals surface area contributed by atoms with Gasteiger partial charge in [0.05, 0.1) is 11.9 Å². The van der Waals surface area contributed by atoms with Crippen molar-refractivity contribution in [1.82, 2.24) is 14.9 Å². The number of amides is 1. The largest absolute Gasteiger partial charge is 0.347 e. The second kappa shape index (κ2) is 3.90. The zero-order valence-corrected chi connectivity index (χ0v) is 11.2. The van der Waals surface area contributed by atoms with Gasteiger partial charge in [-0.15, -0.1) is 11.3 Å². The Bertz CT molecular complexity index is 759. The fourth-order valence-electron chi connectivity index (χ4n) is 2.96. The number of nitrogens with one attached hydrogen (secondary N) is 1. The van der Waals surface area contributed by atoms with Crippen molar-refractivity contribution in [3.05, 3.63) is 26.6 Å². The normalized spacial score (nSPS) is 18.0. The van der Waals surface area contributed by atoms with E-state index < -0.39 is 0 Å². The number of hydrogen-bond acceptors (Lipinski definition) is 4. The molecule has 0 atom stereocenters. The molecule has 6 heteroatoms. The molecule has 1 aliphatic heterocycles. The topological polar surface area (TPSA) is 64.0 Å². The molecule has 19 heavy (non-hydrogen) atoms. The van der Waals surface area contributed by atoms with Crippen LogP contribution in [0.5, 0.6) is 0 Å². The smallest absolute Gasteiger partial charge is 0.263 e. The standard InChI is InChI=1S/C13H13N3O2S/c17-10-6-16-9(5-14-10)15-12-11(13(16)18)7-3-1-2-4-8(7)19-12/h1-6H2,(H,14,17). The van der Waals surface area contributed by atoms with E-state index in [-0.39, 0.29) is 18.0 Å². The fraction of sp³-hybridized carbons (Fsp3) is 0.462. The van der Waals surface area contributed by atoms with Gasteiger partial charge in [-0.05, 0) is 31.2 Å². The summed E-state index contributed by atoms with van der Waals surface area (Å²) < 4.78 is 1.53. The van der Waals surface area contributed by atoms with Crippen molar-refractivity contribution in [2.75, 3.05) is 0 Å². The SMILES string of the molecule is O=C1Cn2c(nc3sc4c(c3c2=O)CCCC4)CN1. The highest BCUT2D eigenvalue weighted by Gasteiger charge is 2.24. The number of nitrogens with zero attached hydrogens (tertiary/aromatic N) is 2. The van der Waals surface area contributed by atoms with Crippen LogP contribution in [0.1, 0.15) is 29.1 Å². The number of aryl methyl sites for hydroxylation is 2. The average Bonchev–Trinajstić information content (AvgIpc) is 2.78. The summed E-state index contributed by atoms with van der Waals surface area (Å²) in [4.78, 5) is 30.8. The van der Waals surface area contributed by atoms with Crippen LogP contribution in [0.4, 0.5) is 0 Å². The van der Waals surface area contributed by atoms with Crippen molar-refractivity contribution in [1.29, 1.82) is 0 Å². The summed E-state index contributed by atoms with van der Waals surface area (Å²) in [5, 5.41) is 3.50. The van der Waals surface area contributed by atoms with E-state index in [0.29, 0.717) is 12.4 Å². The summed E-state index contributed by atoms with van der Waals surface area (Å²) in [6, 6.07) is 0. The molecule has 0 bridgehead atoms. The third-order valence-corrected chi connectivity index (χ3v) is 5.08. The van der Waals surface area contributed by atoms with Gasteiger partial charge in [0.2, 0.25) is 5.91 Å². The van der Waals surface area contributed by atoms with Crippen LogP contribution in [-0.4, -0.2) is 15.5 Å². The molecule has 2 aliphatic rings. The molecule has 0 fully saturated rings. The summed E-state index contributed by atoms with van der Waals surface area (Å²) in [5.41, 5.74) is 1.15. The number of thiophene rings is 1. The Morgan fingerprint density at radius 3 is 2.95 bits per heavy atom. The van der Waals surface area contributed by atoms with Gasteiger partial charge in [0.1, 0.15) is 17.2 Å². The van der Waals surface area contributed by atoms with Gasteiger partial charge >= 0.3 is 0 Å². The van der Waals surface area contributed by atoms with E-state index in [0.717, 1.165) is 29.5 Å². The Morgan fingerprint density at radius 1 is 1.21 bits per heavy atom. The number of carbonyl (C=O) groups excluding carboxylic acids is 1. The highest BCUT2D eigenvalue weighted by molar-refractivity contribution is 7.18. The molecule has 5 nitrogen and oxygen atoms in total. The molecule has 0 saturated heterocycles. The van der Waals surface area contributed by atoms with E-state index in [4.69, 9.17) is 0 Å². The van der Waals surface area contributed by atoms with Gasteiger partial charge in [-0.25, -0.2) is 4.98 Å². The van der Waals surface area contributed by atoms with Crippen molar-refractivity contribution in [2.45, 2.75) is 38.8 Å². The molecule has 2 aromatic rings. The fourth-order valence-corrected chi connectivity index (χ4v) is 4.23. The molecule has 0 saturated carbocycles. The van der Waals surface area contributed by atoms with Gasteiger partial charge in [0.25, 0.3) is 5.56 Å². The summed E-state index contributed by atoms with van der Waals surface area (Å²) >= 11 is 1.65. The molecular weight excluding hydrogens is 262 g/mol. The second-order valence-corrected chi connectivity index (χ2v) is 6.17. The number of fused-ring (bicyclic) bond motifs is 4. The minimum atomic E-state index is -0.111. The molecule has 0 unspecified atom stereocenters. The lowest BCUT2D eigenvalue weighted by Crippen LogP contribution is -2.41. The summed E-state index contributed by atoms with van der Waals surface area (Å²) in [7, 11) is 0. The van der Waals surface area contributed by atoms with Crippen LogP contribution < -0.4 is 10.9 Å². The van der Waals surface area contributed by atoms with E-state index in [2.05, 4.69) is 10.3 Å². The van der Waals surface area contributed by atoms with Crippen LogP contribution in [0.25, 0.3) is 10.2 Å². The number of rotatable bonds is 0. The van der Waals surface area contributed by atoms with E-state index in [1.54, 1.807) is 11.3 Å². The Kier molecular flexibility index (Phi) is 2.29. The van der Waals surface area contributed by atoms with Gasteiger partial charge < -0.3 is 5.32 Å². The Hall–Kier alpha value is -1.69. The van der Waals surface area contributed by atoms with Crippen molar-refractivity contribution in [3.63, 3.8) is 0 Å². The molecule has 2 aromatic heterocycles. The van der Waals surface area contributed by atoms with Gasteiger partial charge in [-0.1, -0.05) is 0 Å². The molecule has 0 spiro atoms. The Morgan fingerprint density at radius 2 is 2.05 bits per heavy atom.